The number of carboxylic acids is 2. The summed E-state index contributed by atoms with van der Waals surface area (Å²) in [5.74, 6) is -3.12. The van der Waals surface area contributed by atoms with E-state index in [1.54, 1.807) is 44.2 Å². The van der Waals surface area contributed by atoms with Crippen molar-refractivity contribution in [2.45, 2.75) is 39.4 Å². The van der Waals surface area contributed by atoms with Gasteiger partial charge in [0.1, 0.15) is 0 Å². The Bertz CT molecular complexity index is 1320. The minimum absolute atomic E-state index is 0.308. The van der Waals surface area contributed by atoms with Crippen molar-refractivity contribution in [2.75, 3.05) is 0 Å². The number of carbonyl (C=O) groups excluding carboxylic acids is 1. The van der Waals surface area contributed by atoms with Crippen LogP contribution in [0.3, 0.4) is 0 Å². The Morgan fingerprint density at radius 3 is 1.32 bits per heavy atom. The van der Waals surface area contributed by atoms with Crippen LogP contribution in [0.15, 0.2) is 103 Å². The summed E-state index contributed by atoms with van der Waals surface area (Å²) < 4.78 is 0. The third-order valence-electron chi connectivity index (χ3n) is 5.93. The van der Waals surface area contributed by atoms with Crippen LogP contribution in [-0.2, 0) is 4.79 Å². The van der Waals surface area contributed by atoms with Gasteiger partial charge in [0.25, 0.3) is 5.78 Å². The van der Waals surface area contributed by atoms with Gasteiger partial charge < -0.3 is 20.4 Å². The van der Waals surface area contributed by atoms with Crippen LogP contribution >= 0.6 is 0 Å². The van der Waals surface area contributed by atoms with Crippen molar-refractivity contribution in [3.8, 4) is 0 Å². The molecule has 0 aromatic heterocycles. The molecule has 0 saturated carbocycles. The van der Waals surface area contributed by atoms with Crippen LogP contribution in [-0.4, -0.2) is 38.1 Å². The van der Waals surface area contributed by atoms with E-state index < -0.39 is 29.9 Å². The fourth-order valence-corrected chi connectivity index (χ4v) is 4.06. The van der Waals surface area contributed by atoms with Gasteiger partial charge in [-0.25, -0.2) is 9.59 Å². The van der Waals surface area contributed by atoms with Gasteiger partial charge in [0.2, 0.25) is 0 Å². The molecule has 7 nitrogen and oxygen atoms in total. The zero-order valence-corrected chi connectivity index (χ0v) is 22.7. The average molecular weight is 543 g/mol. The maximum atomic E-state index is 11.3. The molecular weight excluding hydrogens is 508 g/mol. The second-order valence-electron chi connectivity index (χ2n) is 9.17. The number of hydrogen-bond acceptors (Lipinski definition) is 5. The first-order valence-corrected chi connectivity index (χ1v) is 12.6. The number of aryl methyl sites for hydroxylation is 3. The van der Waals surface area contributed by atoms with Crippen LogP contribution in [0.1, 0.15) is 67.2 Å². The summed E-state index contributed by atoms with van der Waals surface area (Å²) in [6.07, 6.45) is -0.952. The number of carbonyl (C=O) groups is 3. The number of aliphatic hydroxyl groups is 2. The summed E-state index contributed by atoms with van der Waals surface area (Å²) >= 11 is 0. The third-order valence-corrected chi connectivity index (χ3v) is 5.93. The molecule has 4 N–H and O–H groups in total. The van der Waals surface area contributed by atoms with Gasteiger partial charge in [0.05, 0.1) is 17.8 Å². The molecule has 0 aliphatic heterocycles. The molecule has 4 rings (SSSR count). The monoisotopic (exact) mass is 542 g/mol. The van der Waals surface area contributed by atoms with Crippen molar-refractivity contribution in [3.63, 3.8) is 0 Å². The van der Waals surface area contributed by atoms with Crippen molar-refractivity contribution >= 4 is 17.7 Å². The molecular formula is C33H34O7. The minimum atomic E-state index is -1.40. The summed E-state index contributed by atoms with van der Waals surface area (Å²) in [6.45, 7) is 5.40. The number of carboxylic acid groups (broad SMARTS) is 2. The molecule has 0 heterocycles. The highest BCUT2D eigenvalue weighted by Crippen LogP contribution is 2.25. The number of hydrogen-bond donors (Lipinski definition) is 4. The van der Waals surface area contributed by atoms with E-state index in [0.29, 0.717) is 17.5 Å². The molecule has 0 bridgehead atoms. The first-order chi connectivity index (χ1) is 19.0. The highest BCUT2D eigenvalue weighted by molar-refractivity contribution is 6.40. The van der Waals surface area contributed by atoms with E-state index in [2.05, 4.69) is 0 Å². The molecule has 2 atom stereocenters. The number of Topliss-reactive ketones (excluding diaryl/α,β-unsaturated/α-hetero) is 1. The maximum absolute atomic E-state index is 11.3. The molecule has 7 heteroatoms. The fourth-order valence-electron chi connectivity index (χ4n) is 4.06. The van der Waals surface area contributed by atoms with E-state index in [9.17, 15) is 24.6 Å². The van der Waals surface area contributed by atoms with Crippen LogP contribution in [0.4, 0.5) is 0 Å². The van der Waals surface area contributed by atoms with Crippen LogP contribution in [0.2, 0.25) is 0 Å². The largest absolute Gasteiger partial charge is 0.478 e. The summed E-state index contributed by atoms with van der Waals surface area (Å²) in [5.41, 5.74) is 4.78. The molecule has 4 aromatic carbocycles. The fraction of sp³-hybridized carbons (Fsp3) is 0.182. The molecule has 0 fully saturated rings. The zero-order chi connectivity index (χ0) is 29.7. The molecule has 0 saturated heterocycles. The standard InChI is InChI=1S/C15H16O2.C11H12O3.C7H6O2/c16-14(12-7-3-1-4-8-12)11-15(17)13-9-5-2-6-10-13;1-6-4-7(2)9(8(3)5-6)10(12)11(13)14;8-7(9)6-4-2-1-3-5-6/h1-10,14-17H,11H2;4-5H,1-3H3,(H,13,14);1-5H,(H,8,9). The van der Waals surface area contributed by atoms with Crippen LogP contribution in [0.25, 0.3) is 0 Å². The number of rotatable bonds is 7. The third kappa shape index (κ3) is 9.94. The maximum Gasteiger partial charge on any atom is 0.377 e. The molecule has 0 amide bonds. The summed E-state index contributed by atoms with van der Waals surface area (Å²) in [4.78, 5) is 32.0. The van der Waals surface area contributed by atoms with Gasteiger partial charge in [-0.15, -0.1) is 0 Å². The Balaban J connectivity index is 0.000000220. The lowest BCUT2D eigenvalue weighted by molar-refractivity contribution is -0.131. The predicted octanol–water partition coefficient (Wildman–Crippen LogP) is 6.11. The molecule has 208 valence electrons. The molecule has 2 unspecified atom stereocenters. The van der Waals surface area contributed by atoms with Gasteiger partial charge in [-0.3, -0.25) is 4.79 Å². The van der Waals surface area contributed by atoms with E-state index in [-0.39, 0.29) is 0 Å². The minimum Gasteiger partial charge on any atom is -0.478 e. The van der Waals surface area contributed by atoms with Crippen molar-refractivity contribution in [1.82, 2.24) is 0 Å². The molecule has 0 radical (unpaired) electrons. The number of aliphatic carboxylic acids is 1. The lowest BCUT2D eigenvalue weighted by atomic mass is 9.97. The first-order valence-electron chi connectivity index (χ1n) is 12.6. The Kier molecular flexibility index (Phi) is 12.4. The van der Waals surface area contributed by atoms with E-state index in [1.807, 2.05) is 79.7 Å². The zero-order valence-electron chi connectivity index (χ0n) is 22.7. The lowest BCUT2D eigenvalue weighted by Gasteiger charge is -2.16. The van der Waals surface area contributed by atoms with E-state index in [0.717, 1.165) is 27.8 Å². The Hall–Kier alpha value is -4.59. The van der Waals surface area contributed by atoms with E-state index in [4.69, 9.17) is 10.2 Å². The quantitative estimate of drug-likeness (QED) is 0.164. The van der Waals surface area contributed by atoms with Gasteiger partial charge in [-0.2, -0.15) is 0 Å². The van der Waals surface area contributed by atoms with Crippen molar-refractivity contribution in [2.24, 2.45) is 0 Å². The first kappa shape index (κ1) is 31.6. The lowest BCUT2D eigenvalue weighted by Crippen LogP contribution is -2.15. The van der Waals surface area contributed by atoms with Gasteiger partial charge in [0, 0.05) is 12.0 Å². The van der Waals surface area contributed by atoms with Gasteiger partial charge in [-0.05, 0) is 55.2 Å². The van der Waals surface area contributed by atoms with Crippen molar-refractivity contribution in [1.29, 1.82) is 0 Å². The van der Waals surface area contributed by atoms with E-state index in [1.165, 1.54) is 0 Å². The van der Waals surface area contributed by atoms with Crippen LogP contribution in [0, 0.1) is 20.8 Å². The molecule has 0 spiro atoms. The van der Waals surface area contributed by atoms with Crippen LogP contribution in [0.5, 0.6) is 0 Å². The average Bonchev–Trinajstić information content (AvgIpc) is 2.94. The SMILES string of the molecule is Cc1cc(C)c(C(=O)C(=O)O)c(C)c1.O=C(O)c1ccccc1.OC(CC(O)c1ccccc1)c1ccccc1. The second kappa shape index (κ2) is 15.7. The number of ketones is 1. The molecule has 0 aliphatic rings. The summed E-state index contributed by atoms with van der Waals surface area (Å²) in [7, 11) is 0. The van der Waals surface area contributed by atoms with Gasteiger partial charge in [-0.1, -0.05) is 96.6 Å². The highest BCUT2D eigenvalue weighted by Gasteiger charge is 2.19. The summed E-state index contributed by atoms with van der Waals surface area (Å²) in [6, 6.07) is 30.7. The predicted molar refractivity (Wildman–Crippen MR) is 153 cm³/mol. The molecule has 40 heavy (non-hydrogen) atoms. The topological polar surface area (TPSA) is 132 Å². The van der Waals surface area contributed by atoms with Gasteiger partial charge >= 0.3 is 11.9 Å². The molecule has 4 aromatic rings. The number of aromatic carboxylic acids is 1. The second-order valence-corrected chi connectivity index (χ2v) is 9.17. The highest BCUT2D eigenvalue weighted by atomic mass is 16.4. The Labute approximate surface area is 234 Å². The smallest absolute Gasteiger partial charge is 0.377 e. The number of aliphatic hydroxyl groups excluding tert-OH is 2. The Morgan fingerprint density at radius 1 is 0.625 bits per heavy atom. The summed E-state index contributed by atoms with van der Waals surface area (Å²) in [5, 5.41) is 37.0. The van der Waals surface area contributed by atoms with Gasteiger partial charge in [0.15, 0.2) is 0 Å². The van der Waals surface area contributed by atoms with E-state index >= 15 is 0 Å². The molecule has 0 aliphatic carbocycles. The number of benzene rings is 4. The van der Waals surface area contributed by atoms with Crippen molar-refractivity contribution in [3.05, 3.63) is 142 Å². The van der Waals surface area contributed by atoms with Crippen molar-refractivity contribution < 1.29 is 34.8 Å². The van der Waals surface area contributed by atoms with Crippen LogP contribution < -0.4 is 0 Å². The normalized spacial score (nSPS) is 11.5. The Morgan fingerprint density at radius 2 is 1.00 bits per heavy atom.